The number of aryl methyl sites for hydroxylation is 1. The van der Waals surface area contributed by atoms with E-state index in [1.807, 2.05) is 37.4 Å². The average Bonchev–Trinajstić information content (AvgIpc) is 3.63. The Balaban J connectivity index is 1.33. The molecule has 10 nitrogen and oxygen atoms in total. The molecule has 0 atom stereocenters. The molecule has 3 aromatic rings. The summed E-state index contributed by atoms with van der Waals surface area (Å²) in [6, 6.07) is 7.73. The van der Waals surface area contributed by atoms with Gasteiger partial charge in [0.2, 0.25) is 17.8 Å². The van der Waals surface area contributed by atoms with E-state index >= 15 is 0 Å². The number of amides is 1. The van der Waals surface area contributed by atoms with E-state index in [2.05, 4.69) is 35.4 Å². The van der Waals surface area contributed by atoms with E-state index in [9.17, 15) is 9.90 Å². The lowest BCUT2D eigenvalue weighted by atomic mass is 10.3. The molecule has 5 rings (SSSR count). The number of rotatable bonds is 9. The summed E-state index contributed by atoms with van der Waals surface area (Å²) >= 11 is 2.99. The third-order valence-corrected chi connectivity index (χ3v) is 7.49. The number of β-amino-alcohol motifs (C(OH)–C–C–N with tert-alkyl or cyclic N) is 1. The Hall–Kier alpha value is -2.80. The van der Waals surface area contributed by atoms with Crippen molar-refractivity contribution in [3.05, 3.63) is 35.3 Å². The molecular weight excluding hydrogens is 484 g/mol. The molecule has 3 heterocycles. The van der Waals surface area contributed by atoms with Crippen molar-refractivity contribution in [1.29, 1.82) is 0 Å². The van der Waals surface area contributed by atoms with E-state index in [4.69, 9.17) is 4.98 Å². The highest BCUT2D eigenvalue weighted by Gasteiger charge is 2.29. The Morgan fingerprint density at radius 2 is 1.91 bits per heavy atom. The maximum atomic E-state index is 12.0. The molecule has 1 amide bonds. The number of thiazole rings is 1. The van der Waals surface area contributed by atoms with E-state index in [0.717, 1.165) is 59.6 Å². The van der Waals surface area contributed by atoms with Gasteiger partial charge in [0.1, 0.15) is 0 Å². The molecular formula is C23H28N8O2S2. The van der Waals surface area contributed by atoms with E-state index in [1.165, 1.54) is 11.8 Å². The average molecular weight is 513 g/mol. The van der Waals surface area contributed by atoms with Crippen LogP contribution in [0, 0.1) is 12.8 Å². The Kier molecular flexibility index (Phi) is 7.42. The minimum absolute atomic E-state index is 0.0970. The molecule has 1 aliphatic carbocycles. The standard InChI is InChI=1S/C23H28N8O2S2/c1-15-14-24-22(34-15)27-20-26-21(31-10-8-30(9-11-31)12-13-32)29-23(28-20)35-18-6-4-17(5-7-18)25-19(33)16-2-3-16/h4-7,14,16,32H,2-3,8-13H2,1H3,(H,25,33)(H,24,26,27,28,29). The molecule has 0 spiro atoms. The van der Waals surface area contributed by atoms with Crippen LogP contribution in [0.5, 0.6) is 0 Å². The van der Waals surface area contributed by atoms with Gasteiger partial charge in [0.05, 0.1) is 6.61 Å². The summed E-state index contributed by atoms with van der Waals surface area (Å²) in [5.41, 5.74) is 0.796. The van der Waals surface area contributed by atoms with Crippen molar-refractivity contribution in [1.82, 2.24) is 24.8 Å². The summed E-state index contributed by atoms with van der Waals surface area (Å²) in [4.78, 5) is 36.9. The van der Waals surface area contributed by atoms with Gasteiger partial charge in [-0.25, -0.2) is 4.98 Å². The number of hydrogen-bond donors (Lipinski definition) is 3. The molecule has 0 radical (unpaired) electrons. The van der Waals surface area contributed by atoms with E-state index < -0.39 is 0 Å². The second kappa shape index (κ2) is 10.9. The SMILES string of the molecule is Cc1cnc(Nc2nc(Sc3ccc(NC(=O)C4CC4)cc3)nc(N3CCN(CCO)CC3)n2)s1. The summed E-state index contributed by atoms with van der Waals surface area (Å²) in [7, 11) is 0. The fourth-order valence-corrected chi connectivity index (χ4v) is 5.11. The van der Waals surface area contributed by atoms with Gasteiger partial charge in [-0.05, 0) is 55.8 Å². The lowest BCUT2D eigenvalue weighted by molar-refractivity contribution is -0.117. The Morgan fingerprint density at radius 1 is 1.14 bits per heavy atom. The van der Waals surface area contributed by atoms with Crippen LogP contribution in [0.3, 0.4) is 0 Å². The van der Waals surface area contributed by atoms with Crippen molar-refractivity contribution in [2.24, 2.45) is 5.92 Å². The van der Waals surface area contributed by atoms with Gasteiger partial charge in [0, 0.05) is 60.3 Å². The van der Waals surface area contributed by atoms with Crippen LogP contribution in [0.15, 0.2) is 40.5 Å². The summed E-state index contributed by atoms with van der Waals surface area (Å²) in [5.74, 6) is 1.35. The monoisotopic (exact) mass is 512 g/mol. The molecule has 2 aliphatic rings. The smallest absolute Gasteiger partial charge is 0.234 e. The summed E-state index contributed by atoms with van der Waals surface area (Å²) in [6.07, 6.45) is 3.78. The lowest BCUT2D eigenvalue weighted by Crippen LogP contribution is -2.47. The van der Waals surface area contributed by atoms with Gasteiger partial charge in [-0.2, -0.15) is 15.0 Å². The predicted octanol–water partition coefficient (Wildman–Crippen LogP) is 2.99. The van der Waals surface area contributed by atoms with Crippen LogP contribution in [-0.4, -0.2) is 75.2 Å². The summed E-state index contributed by atoms with van der Waals surface area (Å²) < 4.78 is 0. The highest BCUT2D eigenvalue weighted by Crippen LogP contribution is 2.32. The van der Waals surface area contributed by atoms with Gasteiger partial charge >= 0.3 is 0 Å². The van der Waals surface area contributed by atoms with Crippen molar-refractivity contribution in [3.63, 3.8) is 0 Å². The molecule has 0 unspecified atom stereocenters. The molecule has 1 aliphatic heterocycles. The van der Waals surface area contributed by atoms with Gasteiger partial charge in [-0.1, -0.05) is 0 Å². The number of carbonyl (C=O) groups excluding carboxylic acids is 1. The number of aliphatic hydroxyl groups is 1. The number of nitrogens with zero attached hydrogens (tertiary/aromatic N) is 6. The molecule has 184 valence electrons. The first-order valence-electron chi connectivity index (χ1n) is 11.7. The minimum Gasteiger partial charge on any atom is -0.395 e. The molecule has 2 fully saturated rings. The van der Waals surface area contributed by atoms with Crippen LogP contribution >= 0.6 is 23.1 Å². The first-order valence-corrected chi connectivity index (χ1v) is 13.3. The third-order valence-electron chi connectivity index (χ3n) is 5.79. The van der Waals surface area contributed by atoms with Crippen LogP contribution in [0.25, 0.3) is 0 Å². The first-order chi connectivity index (χ1) is 17.1. The topological polar surface area (TPSA) is 119 Å². The van der Waals surface area contributed by atoms with E-state index in [1.54, 1.807) is 11.3 Å². The second-order valence-electron chi connectivity index (χ2n) is 8.58. The zero-order valence-corrected chi connectivity index (χ0v) is 21.1. The third kappa shape index (κ3) is 6.45. The van der Waals surface area contributed by atoms with Gasteiger partial charge in [0.15, 0.2) is 10.3 Å². The number of anilines is 4. The highest BCUT2D eigenvalue weighted by molar-refractivity contribution is 7.99. The van der Waals surface area contributed by atoms with E-state index in [0.29, 0.717) is 23.6 Å². The van der Waals surface area contributed by atoms with Crippen molar-refractivity contribution in [3.8, 4) is 0 Å². The maximum Gasteiger partial charge on any atom is 0.234 e. The van der Waals surface area contributed by atoms with Gasteiger partial charge < -0.3 is 15.3 Å². The molecule has 12 heteroatoms. The van der Waals surface area contributed by atoms with Gasteiger partial charge in [-0.3, -0.25) is 15.0 Å². The number of hydrogen-bond acceptors (Lipinski definition) is 11. The summed E-state index contributed by atoms with van der Waals surface area (Å²) in [6.45, 7) is 6.09. The zero-order valence-electron chi connectivity index (χ0n) is 19.5. The molecule has 2 aromatic heterocycles. The normalized spacial score (nSPS) is 16.3. The second-order valence-corrected chi connectivity index (χ2v) is 10.9. The van der Waals surface area contributed by atoms with Crippen molar-refractivity contribution >= 4 is 51.7 Å². The minimum atomic E-state index is 0.0970. The molecule has 3 N–H and O–H groups in total. The van der Waals surface area contributed by atoms with Crippen molar-refractivity contribution < 1.29 is 9.90 Å². The van der Waals surface area contributed by atoms with Crippen LogP contribution in [0.1, 0.15) is 17.7 Å². The Labute approximate surface area is 212 Å². The quantitative estimate of drug-likeness (QED) is 0.395. The molecule has 1 saturated heterocycles. The Bertz CT molecular complexity index is 1160. The molecule has 1 saturated carbocycles. The number of aromatic nitrogens is 4. The number of piperazine rings is 1. The van der Waals surface area contributed by atoms with Crippen molar-refractivity contribution in [2.75, 3.05) is 54.9 Å². The van der Waals surface area contributed by atoms with Crippen LogP contribution in [0.4, 0.5) is 22.7 Å². The first kappa shape index (κ1) is 23.9. The zero-order chi connectivity index (χ0) is 24.2. The Morgan fingerprint density at radius 3 is 2.57 bits per heavy atom. The number of benzene rings is 1. The molecule has 0 bridgehead atoms. The fourth-order valence-electron chi connectivity index (χ4n) is 3.71. The number of nitrogens with one attached hydrogen (secondary N) is 2. The number of aliphatic hydroxyl groups excluding tert-OH is 1. The highest BCUT2D eigenvalue weighted by atomic mass is 32.2. The van der Waals surface area contributed by atoms with Crippen LogP contribution in [-0.2, 0) is 4.79 Å². The van der Waals surface area contributed by atoms with Crippen molar-refractivity contribution in [2.45, 2.75) is 29.8 Å². The van der Waals surface area contributed by atoms with Crippen LogP contribution < -0.4 is 15.5 Å². The molecule has 1 aromatic carbocycles. The van der Waals surface area contributed by atoms with Gasteiger partial charge in [0.25, 0.3) is 0 Å². The fraction of sp³-hybridized carbons (Fsp3) is 0.435. The maximum absolute atomic E-state index is 12.0. The lowest BCUT2D eigenvalue weighted by Gasteiger charge is -2.34. The molecule has 35 heavy (non-hydrogen) atoms. The predicted molar refractivity (Wildman–Crippen MR) is 138 cm³/mol. The van der Waals surface area contributed by atoms with Crippen LogP contribution in [0.2, 0.25) is 0 Å². The van der Waals surface area contributed by atoms with Gasteiger partial charge in [-0.15, -0.1) is 11.3 Å². The van der Waals surface area contributed by atoms with E-state index in [-0.39, 0.29) is 18.4 Å². The number of carbonyl (C=O) groups is 1. The summed E-state index contributed by atoms with van der Waals surface area (Å²) in [5, 5.41) is 16.7. The largest absolute Gasteiger partial charge is 0.395 e.